The summed E-state index contributed by atoms with van der Waals surface area (Å²) in [5.41, 5.74) is -1.15. The van der Waals surface area contributed by atoms with Gasteiger partial charge in [0, 0.05) is 30.5 Å². The molecule has 29 heavy (non-hydrogen) atoms. The molecule has 0 unspecified atom stereocenters. The number of aryl methyl sites for hydroxylation is 1. The average molecular weight is 405 g/mol. The van der Waals surface area contributed by atoms with E-state index in [4.69, 9.17) is 0 Å². The molecule has 1 aliphatic rings. The number of alkyl halides is 2. The maximum Gasteiger partial charge on any atom is 0.280 e. The van der Waals surface area contributed by atoms with Crippen LogP contribution in [0.4, 0.5) is 13.2 Å². The second-order valence-corrected chi connectivity index (χ2v) is 7.08. The van der Waals surface area contributed by atoms with Gasteiger partial charge in [-0.05, 0) is 31.9 Å². The highest BCUT2D eigenvalue weighted by Gasteiger charge is 2.38. The predicted molar refractivity (Wildman–Crippen MR) is 95.9 cm³/mol. The Labute approximate surface area is 163 Å². The van der Waals surface area contributed by atoms with Gasteiger partial charge in [0.2, 0.25) is 5.95 Å². The summed E-state index contributed by atoms with van der Waals surface area (Å²) in [6, 6.07) is 4.24. The molecule has 0 atom stereocenters. The van der Waals surface area contributed by atoms with E-state index in [-0.39, 0.29) is 48.4 Å². The number of carbonyl (C=O) groups excluding carboxylic acids is 1. The predicted octanol–water partition coefficient (Wildman–Crippen LogP) is 2.63. The first-order valence-corrected chi connectivity index (χ1v) is 9.06. The van der Waals surface area contributed by atoms with Gasteiger partial charge in [0.25, 0.3) is 12.3 Å². The van der Waals surface area contributed by atoms with Crippen LogP contribution in [-0.4, -0.2) is 48.6 Å². The van der Waals surface area contributed by atoms with E-state index in [2.05, 4.69) is 15.1 Å². The van der Waals surface area contributed by atoms with Crippen LogP contribution in [0.3, 0.4) is 0 Å². The van der Waals surface area contributed by atoms with Crippen molar-refractivity contribution in [1.29, 1.82) is 0 Å². The number of pyridine rings is 1. The van der Waals surface area contributed by atoms with E-state index in [1.165, 1.54) is 29.4 Å². The van der Waals surface area contributed by atoms with Crippen LogP contribution >= 0.6 is 0 Å². The molecular weight excluding hydrogens is 387 g/mol. The van der Waals surface area contributed by atoms with E-state index in [0.717, 1.165) is 4.52 Å². The summed E-state index contributed by atoms with van der Waals surface area (Å²) in [6.45, 7) is 1.89. The quantitative estimate of drug-likeness (QED) is 0.678. The molecule has 3 aromatic rings. The molecule has 4 rings (SSSR count). The molecule has 4 heterocycles. The van der Waals surface area contributed by atoms with Gasteiger partial charge >= 0.3 is 0 Å². The van der Waals surface area contributed by atoms with Crippen molar-refractivity contribution < 1.29 is 23.1 Å². The van der Waals surface area contributed by atoms with Crippen molar-refractivity contribution in [3.8, 4) is 0 Å². The number of carbonyl (C=O) groups is 1. The number of aromatic nitrogens is 4. The van der Waals surface area contributed by atoms with Crippen molar-refractivity contribution in [2.45, 2.75) is 31.8 Å². The number of hydrogen-bond donors (Lipinski definition) is 1. The fourth-order valence-electron chi connectivity index (χ4n) is 3.67. The lowest BCUT2D eigenvalue weighted by Gasteiger charge is -2.38. The van der Waals surface area contributed by atoms with Crippen LogP contribution in [0.1, 0.15) is 46.6 Å². The minimum Gasteiger partial charge on any atom is -0.385 e. The minimum absolute atomic E-state index is 0.0597. The van der Waals surface area contributed by atoms with Gasteiger partial charge < -0.3 is 10.0 Å². The molecule has 0 saturated carbocycles. The van der Waals surface area contributed by atoms with Crippen LogP contribution in [0.15, 0.2) is 30.6 Å². The van der Waals surface area contributed by atoms with Gasteiger partial charge in [-0.25, -0.2) is 23.3 Å². The zero-order valence-electron chi connectivity index (χ0n) is 15.5. The number of amides is 1. The van der Waals surface area contributed by atoms with E-state index in [0.29, 0.717) is 5.69 Å². The number of aliphatic hydroxyl groups is 1. The van der Waals surface area contributed by atoms with Crippen molar-refractivity contribution in [1.82, 2.24) is 24.5 Å². The number of likely N-dealkylation sites (tertiary alicyclic amines) is 1. The van der Waals surface area contributed by atoms with E-state index in [9.17, 15) is 23.1 Å². The maximum absolute atomic E-state index is 14.0. The smallest absolute Gasteiger partial charge is 0.280 e. The first kappa shape index (κ1) is 19.3. The van der Waals surface area contributed by atoms with Gasteiger partial charge in [-0.2, -0.15) is 9.49 Å². The summed E-state index contributed by atoms with van der Waals surface area (Å²) in [6.07, 6.45) is -0.00180. The summed E-state index contributed by atoms with van der Waals surface area (Å²) < 4.78 is 41.5. The molecule has 0 aromatic carbocycles. The molecule has 152 valence electrons. The van der Waals surface area contributed by atoms with Crippen LogP contribution < -0.4 is 0 Å². The van der Waals surface area contributed by atoms with Crippen LogP contribution in [0.2, 0.25) is 0 Å². The van der Waals surface area contributed by atoms with Gasteiger partial charge in [0.15, 0.2) is 5.65 Å². The molecular formula is C19H18F3N5O2. The average Bonchev–Trinajstić information content (AvgIpc) is 3.11. The highest BCUT2D eigenvalue weighted by Crippen LogP contribution is 2.34. The van der Waals surface area contributed by atoms with Gasteiger partial charge in [0.05, 0.1) is 11.8 Å². The third kappa shape index (κ3) is 3.33. The molecule has 1 aliphatic heterocycles. The number of halogens is 3. The standard InChI is InChI=1S/C19H18F3N5O2/c1-11-9-14(15(20)21)27-17(25-11)12(10-24-27)18(28)26-7-4-19(29,5-8-26)13-3-2-6-23-16(13)22/h2-3,6,9-10,15,29H,4-5,7-8H2,1H3. The van der Waals surface area contributed by atoms with Crippen molar-refractivity contribution in [2.24, 2.45) is 0 Å². The lowest BCUT2D eigenvalue weighted by atomic mass is 9.85. The normalized spacial score (nSPS) is 16.6. The van der Waals surface area contributed by atoms with Gasteiger partial charge in [0.1, 0.15) is 11.3 Å². The lowest BCUT2D eigenvalue weighted by molar-refractivity contribution is -0.0240. The Morgan fingerprint density at radius 1 is 1.31 bits per heavy atom. The van der Waals surface area contributed by atoms with Crippen molar-refractivity contribution >= 4 is 11.6 Å². The Hall–Kier alpha value is -3.01. The maximum atomic E-state index is 14.0. The molecule has 0 spiro atoms. The molecule has 10 heteroatoms. The molecule has 1 fully saturated rings. The monoisotopic (exact) mass is 405 g/mol. The van der Waals surface area contributed by atoms with Gasteiger partial charge in [-0.3, -0.25) is 4.79 Å². The molecule has 0 aliphatic carbocycles. The van der Waals surface area contributed by atoms with E-state index in [1.54, 1.807) is 13.0 Å². The Kier molecular flexibility index (Phi) is 4.73. The van der Waals surface area contributed by atoms with Crippen molar-refractivity contribution in [2.75, 3.05) is 13.1 Å². The first-order valence-electron chi connectivity index (χ1n) is 9.06. The number of piperidine rings is 1. The summed E-state index contributed by atoms with van der Waals surface area (Å²) in [7, 11) is 0. The minimum atomic E-state index is -2.76. The van der Waals surface area contributed by atoms with Crippen LogP contribution in [-0.2, 0) is 5.60 Å². The number of nitrogens with zero attached hydrogens (tertiary/aromatic N) is 5. The second-order valence-electron chi connectivity index (χ2n) is 7.08. The zero-order valence-corrected chi connectivity index (χ0v) is 15.5. The first-order chi connectivity index (χ1) is 13.8. The number of fused-ring (bicyclic) bond motifs is 1. The molecule has 1 amide bonds. The van der Waals surface area contributed by atoms with E-state index < -0.39 is 23.9 Å². The molecule has 3 aromatic heterocycles. The molecule has 7 nitrogen and oxygen atoms in total. The molecule has 1 N–H and O–H groups in total. The zero-order chi connectivity index (χ0) is 20.8. The Balaban J connectivity index is 1.59. The van der Waals surface area contributed by atoms with E-state index in [1.807, 2.05) is 0 Å². The fourth-order valence-corrected chi connectivity index (χ4v) is 3.67. The topological polar surface area (TPSA) is 83.6 Å². The highest BCUT2D eigenvalue weighted by molar-refractivity contribution is 5.99. The Bertz CT molecular complexity index is 1080. The lowest BCUT2D eigenvalue weighted by Crippen LogP contribution is -2.45. The Morgan fingerprint density at radius 3 is 2.69 bits per heavy atom. The summed E-state index contributed by atoms with van der Waals surface area (Å²) in [5.74, 6) is -1.16. The molecule has 1 saturated heterocycles. The van der Waals surface area contributed by atoms with E-state index >= 15 is 0 Å². The summed E-state index contributed by atoms with van der Waals surface area (Å²) in [4.78, 5) is 22.2. The summed E-state index contributed by atoms with van der Waals surface area (Å²) in [5, 5.41) is 14.7. The number of hydrogen-bond acceptors (Lipinski definition) is 5. The van der Waals surface area contributed by atoms with Gasteiger partial charge in [-0.15, -0.1) is 0 Å². The summed E-state index contributed by atoms with van der Waals surface area (Å²) >= 11 is 0. The van der Waals surface area contributed by atoms with Crippen LogP contribution in [0.25, 0.3) is 5.65 Å². The van der Waals surface area contributed by atoms with Crippen LogP contribution in [0.5, 0.6) is 0 Å². The van der Waals surface area contributed by atoms with Crippen molar-refractivity contribution in [3.63, 3.8) is 0 Å². The highest BCUT2D eigenvalue weighted by atomic mass is 19.3. The second kappa shape index (κ2) is 7.11. The Morgan fingerprint density at radius 2 is 2.03 bits per heavy atom. The molecule has 0 radical (unpaired) electrons. The third-order valence-corrected chi connectivity index (χ3v) is 5.22. The van der Waals surface area contributed by atoms with Crippen LogP contribution in [0, 0.1) is 12.9 Å². The fraction of sp³-hybridized carbons (Fsp3) is 0.368. The largest absolute Gasteiger partial charge is 0.385 e. The van der Waals surface area contributed by atoms with Gasteiger partial charge in [-0.1, -0.05) is 6.07 Å². The third-order valence-electron chi connectivity index (χ3n) is 5.22. The number of rotatable bonds is 3. The SMILES string of the molecule is Cc1cc(C(F)F)n2ncc(C(=O)N3CCC(O)(c4cccnc4F)CC3)c2n1. The molecule has 0 bridgehead atoms. The van der Waals surface area contributed by atoms with Crippen molar-refractivity contribution in [3.05, 3.63) is 59.1 Å².